The van der Waals surface area contributed by atoms with Crippen LogP contribution in [0, 0.1) is 0 Å². The van der Waals surface area contributed by atoms with E-state index in [4.69, 9.17) is 21.1 Å². The monoisotopic (exact) mass is 444 g/mol. The van der Waals surface area contributed by atoms with Crippen LogP contribution in [0.2, 0.25) is 5.02 Å². The third kappa shape index (κ3) is 5.74. The molecule has 3 aromatic carbocycles. The van der Waals surface area contributed by atoms with Gasteiger partial charge in [0.2, 0.25) is 0 Å². The van der Waals surface area contributed by atoms with E-state index in [-0.39, 0.29) is 0 Å². The fraction of sp³-hybridized carbons (Fsp3) is 0.0952. The fourth-order valence-corrected chi connectivity index (χ4v) is 2.82. The Balaban J connectivity index is 1.64. The number of anilines is 1. The predicted octanol–water partition coefficient (Wildman–Crippen LogP) is 6.14. The van der Waals surface area contributed by atoms with Gasteiger partial charge in [0.15, 0.2) is 11.5 Å². The molecule has 1 N–H and O–H groups in total. The number of methoxy groups -OCH3 is 1. The van der Waals surface area contributed by atoms with E-state index < -0.39 is 0 Å². The third-order valence-corrected chi connectivity index (χ3v) is 4.49. The molecule has 0 aromatic heterocycles. The largest absolute Gasteiger partial charge is 0.493 e. The Kier molecular flexibility index (Phi) is 6.74. The van der Waals surface area contributed by atoms with Crippen LogP contribution in [0.1, 0.15) is 11.1 Å². The predicted molar refractivity (Wildman–Crippen MR) is 114 cm³/mol. The molecule has 0 fully saturated rings. The molecule has 0 saturated heterocycles. The molecule has 0 unspecified atom stereocenters. The van der Waals surface area contributed by atoms with E-state index in [9.17, 15) is 0 Å². The summed E-state index contributed by atoms with van der Waals surface area (Å²) in [5, 5.41) is 4.88. The summed E-state index contributed by atoms with van der Waals surface area (Å²) in [5.41, 5.74) is 5.73. The summed E-state index contributed by atoms with van der Waals surface area (Å²) in [7, 11) is 1.62. The highest BCUT2D eigenvalue weighted by atomic mass is 79.9. The zero-order valence-electron chi connectivity index (χ0n) is 14.7. The first-order valence-corrected chi connectivity index (χ1v) is 9.41. The van der Waals surface area contributed by atoms with Gasteiger partial charge < -0.3 is 9.47 Å². The van der Waals surface area contributed by atoms with E-state index in [1.807, 2.05) is 60.7 Å². The number of ether oxygens (including phenoxy) is 2. The number of nitrogens with one attached hydrogen (secondary N) is 1. The number of halogens is 2. The first-order chi connectivity index (χ1) is 13.1. The van der Waals surface area contributed by atoms with E-state index in [1.54, 1.807) is 19.4 Å². The molecule has 3 rings (SSSR count). The van der Waals surface area contributed by atoms with Crippen LogP contribution in [0.25, 0.3) is 0 Å². The molecule has 0 bridgehead atoms. The van der Waals surface area contributed by atoms with Crippen molar-refractivity contribution in [2.45, 2.75) is 6.61 Å². The maximum absolute atomic E-state index is 5.95. The Labute approximate surface area is 171 Å². The lowest BCUT2D eigenvalue weighted by Crippen LogP contribution is -1.98. The Morgan fingerprint density at radius 1 is 1.04 bits per heavy atom. The number of nitrogens with zero attached hydrogens (tertiary/aromatic N) is 1. The van der Waals surface area contributed by atoms with Crippen molar-refractivity contribution in [1.82, 2.24) is 0 Å². The lowest BCUT2D eigenvalue weighted by molar-refractivity contribution is 0.284. The van der Waals surface area contributed by atoms with Gasteiger partial charge in [0.1, 0.15) is 6.61 Å². The number of rotatable bonds is 7. The quantitative estimate of drug-likeness (QED) is 0.351. The molecule has 0 aliphatic heterocycles. The maximum atomic E-state index is 5.95. The highest BCUT2D eigenvalue weighted by Crippen LogP contribution is 2.28. The van der Waals surface area contributed by atoms with E-state index in [1.165, 1.54) is 0 Å². The molecule has 0 saturated carbocycles. The molecule has 0 aliphatic rings. The first-order valence-electron chi connectivity index (χ1n) is 8.24. The maximum Gasteiger partial charge on any atom is 0.161 e. The van der Waals surface area contributed by atoms with Gasteiger partial charge in [0.25, 0.3) is 0 Å². The number of benzene rings is 3. The van der Waals surface area contributed by atoms with Crippen LogP contribution in [-0.2, 0) is 6.61 Å². The standard InChI is InChI=1S/C21H18BrClN2O2/c1-26-21-11-16(13-24-25-19-4-2-3-18(23)12-19)7-10-20(21)27-14-15-5-8-17(22)9-6-15/h2-13,25H,14H2,1H3. The van der Waals surface area contributed by atoms with E-state index >= 15 is 0 Å². The molecule has 0 heterocycles. The second kappa shape index (κ2) is 9.44. The molecule has 4 nitrogen and oxygen atoms in total. The van der Waals surface area contributed by atoms with Gasteiger partial charge in [-0.15, -0.1) is 0 Å². The van der Waals surface area contributed by atoms with Crippen molar-refractivity contribution in [2.75, 3.05) is 12.5 Å². The van der Waals surface area contributed by atoms with Gasteiger partial charge in [-0.25, -0.2) is 0 Å². The number of hydrazone groups is 1. The molecule has 6 heteroatoms. The van der Waals surface area contributed by atoms with Crippen LogP contribution < -0.4 is 14.9 Å². The van der Waals surface area contributed by atoms with Gasteiger partial charge in [0, 0.05) is 9.50 Å². The summed E-state index contributed by atoms with van der Waals surface area (Å²) in [6.07, 6.45) is 1.71. The molecule has 0 radical (unpaired) electrons. The van der Waals surface area contributed by atoms with Crippen molar-refractivity contribution in [3.8, 4) is 11.5 Å². The van der Waals surface area contributed by atoms with E-state index in [0.29, 0.717) is 23.1 Å². The lowest BCUT2D eigenvalue weighted by atomic mass is 10.2. The molecule has 0 aliphatic carbocycles. The molecule has 138 valence electrons. The Morgan fingerprint density at radius 3 is 2.59 bits per heavy atom. The lowest BCUT2D eigenvalue weighted by Gasteiger charge is -2.11. The Hall–Kier alpha value is -2.50. The van der Waals surface area contributed by atoms with E-state index in [0.717, 1.165) is 21.3 Å². The smallest absolute Gasteiger partial charge is 0.161 e. The molecule has 3 aromatic rings. The minimum atomic E-state index is 0.466. The van der Waals surface area contributed by atoms with Crippen molar-refractivity contribution in [3.63, 3.8) is 0 Å². The molecule has 0 amide bonds. The van der Waals surface area contributed by atoms with Gasteiger partial charge in [0.05, 0.1) is 19.0 Å². The van der Waals surface area contributed by atoms with Crippen molar-refractivity contribution >= 4 is 39.4 Å². The summed E-state index contributed by atoms with van der Waals surface area (Å²) >= 11 is 9.38. The van der Waals surface area contributed by atoms with Crippen molar-refractivity contribution in [1.29, 1.82) is 0 Å². The Bertz CT molecular complexity index is 930. The van der Waals surface area contributed by atoms with Crippen LogP contribution in [0.15, 0.2) is 76.3 Å². The van der Waals surface area contributed by atoms with Gasteiger partial charge in [-0.05, 0) is 59.7 Å². The summed E-state index contributed by atoms with van der Waals surface area (Å²) in [6.45, 7) is 0.466. The minimum Gasteiger partial charge on any atom is -0.493 e. The van der Waals surface area contributed by atoms with Gasteiger partial charge in [-0.3, -0.25) is 5.43 Å². The Morgan fingerprint density at radius 2 is 1.85 bits per heavy atom. The minimum absolute atomic E-state index is 0.466. The second-order valence-corrected chi connectivity index (χ2v) is 7.06. The summed E-state index contributed by atoms with van der Waals surface area (Å²) < 4.78 is 12.4. The topological polar surface area (TPSA) is 42.8 Å². The molecular formula is C21H18BrClN2O2. The third-order valence-electron chi connectivity index (χ3n) is 3.73. The van der Waals surface area contributed by atoms with Crippen molar-refractivity contribution in [3.05, 3.63) is 87.4 Å². The average molecular weight is 446 g/mol. The summed E-state index contributed by atoms with van der Waals surface area (Å²) in [5.74, 6) is 1.33. The van der Waals surface area contributed by atoms with Gasteiger partial charge >= 0.3 is 0 Å². The van der Waals surface area contributed by atoms with Crippen molar-refractivity contribution < 1.29 is 9.47 Å². The van der Waals surface area contributed by atoms with Crippen LogP contribution in [0.3, 0.4) is 0 Å². The number of hydrogen-bond acceptors (Lipinski definition) is 4. The summed E-state index contributed by atoms with van der Waals surface area (Å²) in [6, 6.07) is 21.0. The van der Waals surface area contributed by atoms with Crippen LogP contribution in [-0.4, -0.2) is 13.3 Å². The molecular weight excluding hydrogens is 428 g/mol. The van der Waals surface area contributed by atoms with Crippen molar-refractivity contribution in [2.24, 2.45) is 5.10 Å². The second-order valence-electron chi connectivity index (χ2n) is 5.71. The van der Waals surface area contributed by atoms with Gasteiger partial charge in [-0.2, -0.15) is 5.10 Å². The summed E-state index contributed by atoms with van der Waals surface area (Å²) in [4.78, 5) is 0. The van der Waals surface area contributed by atoms with E-state index in [2.05, 4.69) is 26.5 Å². The fourth-order valence-electron chi connectivity index (χ4n) is 2.36. The first kappa shape index (κ1) is 19.3. The van der Waals surface area contributed by atoms with Crippen LogP contribution in [0.5, 0.6) is 11.5 Å². The average Bonchev–Trinajstić information content (AvgIpc) is 2.68. The molecule has 27 heavy (non-hydrogen) atoms. The molecule has 0 atom stereocenters. The highest BCUT2D eigenvalue weighted by molar-refractivity contribution is 9.10. The zero-order valence-corrected chi connectivity index (χ0v) is 17.0. The zero-order chi connectivity index (χ0) is 19.1. The van der Waals surface area contributed by atoms with Crippen LogP contribution >= 0.6 is 27.5 Å². The molecule has 0 spiro atoms. The SMILES string of the molecule is COc1cc(C=NNc2cccc(Cl)c2)ccc1OCc1ccc(Br)cc1. The van der Waals surface area contributed by atoms with Gasteiger partial charge in [-0.1, -0.05) is 45.7 Å². The van der Waals surface area contributed by atoms with Crippen LogP contribution in [0.4, 0.5) is 5.69 Å². The normalized spacial score (nSPS) is 10.8. The highest BCUT2D eigenvalue weighted by Gasteiger charge is 2.06. The number of hydrogen-bond donors (Lipinski definition) is 1.